The topological polar surface area (TPSA) is 237 Å². The van der Waals surface area contributed by atoms with Gasteiger partial charge in [-0.3, -0.25) is 37.3 Å². The van der Waals surface area contributed by atoms with Crippen LogP contribution in [0.1, 0.15) is 317 Å². The first kappa shape index (κ1) is 80.1. The Labute approximate surface area is 498 Å². The molecule has 0 radical (unpaired) electrons. The highest BCUT2D eigenvalue weighted by Gasteiger charge is 2.30. The highest BCUT2D eigenvalue weighted by molar-refractivity contribution is 7.47. The van der Waals surface area contributed by atoms with E-state index in [0.29, 0.717) is 25.7 Å². The molecule has 82 heavy (non-hydrogen) atoms. The predicted octanol–water partition coefficient (Wildman–Crippen LogP) is 17.4. The summed E-state index contributed by atoms with van der Waals surface area (Å²) in [7, 11) is -9.87. The van der Waals surface area contributed by atoms with Crippen LogP contribution in [0.3, 0.4) is 0 Å². The number of ether oxygens (including phenoxy) is 4. The Morgan fingerprint density at radius 2 is 0.561 bits per heavy atom. The Kier molecular flexibility index (Phi) is 55.5. The summed E-state index contributed by atoms with van der Waals surface area (Å²) in [6.45, 7) is 7.08. The third kappa shape index (κ3) is 57.2. The summed E-state index contributed by atoms with van der Waals surface area (Å²) >= 11 is 0. The van der Waals surface area contributed by atoms with Crippen molar-refractivity contribution in [3.05, 3.63) is 0 Å². The van der Waals surface area contributed by atoms with Crippen molar-refractivity contribution < 1.29 is 80.2 Å². The van der Waals surface area contributed by atoms with Gasteiger partial charge in [0.1, 0.15) is 19.3 Å². The van der Waals surface area contributed by atoms with Gasteiger partial charge in [0.05, 0.1) is 26.4 Å². The number of esters is 4. The van der Waals surface area contributed by atoms with Crippen molar-refractivity contribution >= 4 is 39.5 Å². The van der Waals surface area contributed by atoms with Gasteiger partial charge in [0.15, 0.2) is 12.2 Å². The maximum Gasteiger partial charge on any atom is 0.472 e. The number of hydrogen-bond donors (Lipinski definition) is 3. The SMILES string of the molecule is CCCCCCCCCCCCCC(=O)OC[C@H](COP(=O)(O)OC[C@@H](O)COP(=O)(O)OC[C@@H](COC(=O)CCCCCCC)OC(=O)CCCCCCCCC)OC(=O)CCCCCCCCCCCCCCCCCCC(C)C. The Morgan fingerprint density at radius 3 is 0.829 bits per heavy atom. The average molecular weight is 1210 g/mol. The Bertz CT molecular complexity index is 1600. The van der Waals surface area contributed by atoms with Crippen LogP contribution in [0, 0.1) is 5.92 Å². The van der Waals surface area contributed by atoms with Gasteiger partial charge in [-0.2, -0.15) is 0 Å². The van der Waals surface area contributed by atoms with E-state index in [0.717, 1.165) is 115 Å². The van der Waals surface area contributed by atoms with Crippen LogP contribution < -0.4 is 0 Å². The molecule has 0 saturated carbocycles. The van der Waals surface area contributed by atoms with Crippen LogP contribution in [0.15, 0.2) is 0 Å². The van der Waals surface area contributed by atoms with E-state index in [1.165, 1.54) is 122 Å². The maximum atomic E-state index is 13.0. The third-order valence-electron chi connectivity index (χ3n) is 14.5. The number of phosphoric acid groups is 2. The third-order valence-corrected chi connectivity index (χ3v) is 16.4. The number of unbranched alkanes of at least 4 members (excludes halogenated alkanes) is 35. The molecular formula is C63H122O17P2. The molecule has 0 aliphatic carbocycles. The van der Waals surface area contributed by atoms with E-state index in [1.807, 2.05) is 0 Å². The lowest BCUT2D eigenvalue weighted by molar-refractivity contribution is -0.161. The summed E-state index contributed by atoms with van der Waals surface area (Å²) < 4.78 is 67.6. The van der Waals surface area contributed by atoms with Gasteiger partial charge in [-0.15, -0.1) is 0 Å². The fourth-order valence-corrected chi connectivity index (χ4v) is 11.0. The molecule has 0 amide bonds. The molecular weight excluding hydrogens is 1090 g/mol. The highest BCUT2D eigenvalue weighted by atomic mass is 31.2. The number of aliphatic hydroxyl groups is 1. The standard InChI is InChI=1S/C63H122O17P2/c1-6-9-12-15-17-18-25-29-33-37-42-47-61(66)74-53-59(80-63(68)49-44-39-34-30-27-24-22-20-19-21-23-26-28-32-36-40-45-56(4)5)55-78-82(71,72)76-51-57(64)50-75-81(69,70)77-54-58(52-73-60(65)46-41-35-14-11-8-3)79-62(67)48-43-38-31-16-13-10-7-2/h56-59,64H,6-55H2,1-5H3,(H,69,70)(H,71,72)/t57-,58+,59+/m0/s1. The monoisotopic (exact) mass is 1210 g/mol. The largest absolute Gasteiger partial charge is 0.472 e. The zero-order chi connectivity index (χ0) is 60.6. The van der Waals surface area contributed by atoms with Gasteiger partial charge in [0, 0.05) is 25.7 Å². The molecule has 0 bridgehead atoms. The van der Waals surface area contributed by atoms with Gasteiger partial charge in [0.2, 0.25) is 0 Å². The van der Waals surface area contributed by atoms with Gasteiger partial charge in [-0.05, 0) is 31.6 Å². The van der Waals surface area contributed by atoms with Gasteiger partial charge in [0.25, 0.3) is 0 Å². The second-order valence-corrected chi connectivity index (χ2v) is 26.2. The van der Waals surface area contributed by atoms with E-state index in [1.54, 1.807) is 0 Å². The molecule has 19 heteroatoms. The minimum atomic E-state index is -4.94. The molecule has 2 unspecified atom stereocenters. The fourth-order valence-electron chi connectivity index (χ4n) is 9.41. The molecule has 0 aromatic carbocycles. The van der Waals surface area contributed by atoms with Crippen LogP contribution in [-0.4, -0.2) is 96.7 Å². The van der Waals surface area contributed by atoms with Gasteiger partial charge < -0.3 is 33.8 Å². The first-order valence-corrected chi connectivity index (χ1v) is 36.1. The second kappa shape index (κ2) is 56.8. The molecule has 486 valence electrons. The Morgan fingerprint density at radius 1 is 0.329 bits per heavy atom. The predicted molar refractivity (Wildman–Crippen MR) is 326 cm³/mol. The van der Waals surface area contributed by atoms with Crippen molar-refractivity contribution in [1.29, 1.82) is 0 Å². The number of aliphatic hydroxyl groups excluding tert-OH is 1. The van der Waals surface area contributed by atoms with E-state index in [9.17, 15) is 43.2 Å². The van der Waals surface area contributed by atoms with E-state index in [-0.39, 0.29) is 25.7 Å². The van der Waals surface area contributed by atoms with Crippen LogP contribution in [0.2, 0.25) is 0 Å². The van der Waals surface area contributed by atoms with E-state index in [2.05, 4.69) is 34.6 Å². The van der Waals surface area contributed by atoms with Crippen molar-refractivity contribution in [2.75, 3.05) is 39.6 Å². The molecule has 3 N–H and O–H groups in total. The molecule has 0 aliphatic rings. The van der Waals surface area contributed by atoms with E-state index in [4.69, 9.17) is 37.0 Å². The van der Waals surface area contributed by atoms with Crippen LogP contribution in [0.5, 0.6) is 0 Å². The zero-order valence-electron chi connectivity index (χ0n) is 52.6. The minimum Gasteiger partial charge on any atom is -0.462 e. The lowest BCUT2D eigenvalue weighted by Crippen LogP contribution is -2.30. The summed E-state index contributed by atoms with van der Waals surface area (Å²) in [5, 5.41) is 10.5. The normalized spacial score (nSPS) is 14.3. The maximum absolute atomic E-state index is 13.0. The average Bonchev–Trinajstić information content (AvgIpc) is 3.45. The number of rotatable bonds is 63. The molecule has 5 atom stereocenters. The smallest absolute Gasteiger partial charge is 0.462 e. The van der Waals surface area contributed by atoms with Crippen molar-refractivity contribution in [2.24, 2.45) is 5.92 Å². The quantitative estimate of drug-likeness (QED) is 0.0222. The van der Waals surface area contributed by atoms with Gasteiger partial charge >= 0.3 is 39.5 Å². The van der Waals surface area contributed by atoms with Crippen LogP contribution in [0.4, 0.5) is 0 Å². The van der Waals surface area contributed by atoms with Gasteiger partial charge in [-0.1, -0.05) is 266 Å². The molecule has 17 nitrogen and oxygen atoms in total. The molecule has 0 aliphatic heterocycles. The lowest BCUT2D eigenvalue weighted by atomic mass is 10.0. The molecule has 0 fully saturated rings. The Hall–Kier alpha value is -1.94. The van der Waals surface area contributed by atoms with Crippen molar-refractivity contribution in [2.45, 2.75) is 335 Å². The summed E-state index contributed by atoms with van der Waals surface area (Å²) in [4.78, 5) is 71.8. The number of phosphoric ester groups is 2. The number of hydrogen-bond acceptors (Lipinski definition) is 15. The summed E-state index contributed by atoms with van der Waals surface area (Å²) in [6.07, 6.45) is 40.9. The van der Waals surface area contributed by atoms with Gasteiger partial charge in [-0.25, -0.2) is 9.13 Å². The van der Waals surface area contributed by atoms with Crippen molar-refractivity contribution in [3.63, 3.8) is 0 Å². The van der Waals surface area contributed by atoms with Crippen molar-refractivity contribution in [1.82, 2.24) is 0 Å². The summed E-state index contributed by atoms with van der Waals surface area (Å²) in [5.41, 5.74) is 0. The highest BCUT2D eigenvalue weighted by Crippen LogP contribution is 2.45. The molecule has 0 spiro atoms. The van der Waals surface area contributed by atoms with E-state index >= 15 is 0 Å². The first-order chi connectivity index (χ1) is 39.5. The first-order valence-electron chi connectivity index (χ1n) is 33.1. The van der Waals surface area contributed by atoms with Crippen LogP contribution in [-0.2, 0) is 65.4 Å². The van der Waals surface area contributed by atoms with Crippen molar-refractivity contribution in [3.8, 4) is 0 Å². The summed E-state index contributed by atoms with van der Waals surface area (Å²) in [5.74, 6) is -1.34. The van der Waals surface area contributed by atoms with Crippen LogP contribution in [0.25, 0.3) is 0 Å². The fraction of sp³-hybridized carbons (Fsp3) is 0.937. The second-order valence-electron chi connectivity index (χ2n) is 23.3. The van der Waals surface area contributed by atoms with Crippen LogP contribution >= 0.6 is 15.6 Å². The van der Waals surface area contributed by atoms with E-state index < -0.39 is 97.5 Å². The Balaban J connectivity index is 5.09. The summed E-state index contributed by atoms with van der Waals surface area (Å²) in [6, 6.07) is 0. The minimum absolute atomic E-state index is 0.103. The lowest BCUT2D eigenvalue weighted by Gasteiger charge is -2.21. The molecule has 0 aromatic heterocycles. The molecule has 0 heterocycles. The molecule has 0 saturated heterocycles. The molecule has 0 aromatic rings. The zero-order valence-corrected chi connectivity index (χ0v) is 54.4. The molecule has 0 rings (SSSR count). The number of carbonyl (C=O) groups is 4. The number of carbonyl (C=O) groups excluding carboxylic acids is 4.